The first-order chi connectivity index (χ1) is 4.16. The third-order valence-corrected chi connectivity index (χ3v) is 0.656. The van der Waals surface area contributed by atoms with Crippen LogP contribution in [0.25, 0.3) is 0 Å². The number of hydrogen-bond donors (Lipinski definition) is 2. The second-order valence-electron chi connectivity index (χ2n) is 1.46. The van der Waals surface area contributed by atoms with Gasteiger partial charge in [-0.05, 0) is 6.08 Å². The van der Waals surface area contributed by atoms with E-state index >= 15 is 0 Å². The van der Waals surface area contributed by atoms with Crippen LogP contribution in [0.4, 0.5) is 0 Å². The normalized spacial score (nSPS) is 10.7. The molecule has 0 aliphatic rings. The van der Waals surface area contributed by atoms with E-state index in [9.17, 15) is 4.79 Å². The van der Waals surface area contributed by atoms with Crippen LogP contribution in [0.3, 0.4) is 0 Å². The predicted octanol–water partition coefficient (Wildman–Crippen LogP) is -1.04. The Morgan fingerprint density at radius 3 is 2.56 bits per heavy atom. The van der Waals surface area contributed by atoms with Crippen LogP contribution < -0.4 is 11.5 Å². The molecular formula is C5H10N2O2. The van der Waals surface area contributed by atoms with E-state index in [-0.39, 0.29) is 0 Å². The molecule has 0 saturated carbocycles. The highest BCUT2D eigenvalue weighted by Gasteiger charge is 1.90. The topological polar surface area (TPSA) is 78.3 Å². The molecule has 4 nitrogen and oxygen atoms in total. The summed E-state index contributed by atoms with van der Waals surface area (Å²) in [5.41, 5.74) is 10.2. The van der Waals surface area contributed by atoms with Crippen molar-refractivity contribution in [2.75, 3.05) is 7.11 Å². The van der Waals surface area contributed by atoms with E-state index in [2.05, 4.69) is 4.74 Å². The molecule has 0 saturated heterocycles. The van der Waals surface area contributed by atoms with Crippen LogP contribution in [-0.2, 0) is 9.53 Å². The zero-order valence-electron chi connectivity index (χ0n) is 5.20. The first kappa shape index (κ1) is 8.13. The van der Waals surface area contributed by atoms with Crippen molar-refractivity contribution in [3.05, 3.63) is 12.2 Å². The minimum atomic E-state index is -0.593. The van der Waals surface area contributed by atoms with Crippen molar-refractivity contribution in [3.8, 4) is 0 Å². The monoisotopic (exact) mass is 130 g/mol. The number of hydrogen-bond acceptors (Lipinski definition) is 4. The van der Waals surface area contributed by atoms with Gasteiger partial charge in [0, 0.05) is 6.08 Å². The van der Waals surface area contributed by atoms with E-state index in [1.807, 2.05) is 0 Å². The predicted molar refractivity (Wildman–Crippen MR) is 33.3 cm³/mol. The number of carbonyl (C=O) groups excluding carboxylic acids is 1. The summed E-state index contributed by atoms with van der Waals surface area (Å²) in [7, 11) is 1.29. The summed E-state index contributed by atoms with van der Waals surface area (Å²) in [5, 5.41) is 0. The van der Waals surface area contributed by atoms with Crippen molar-refractivity contribution >= 4 is 5.97 Å². The molecule has 0 aromatic heterocycles. The van der Waals surface area contributed by atoms with Crippen LogP contribution in [0, 0.1) is 0 Å². The number of esters is 1. The summed E-state index contributed by atoms with van der Waals surface area (Å²) < 4.78 is 4.26. The summed E-state index contributed by atoms with van der Waals surface area (Å²) in [5.74, 6) is -0.448. The van der Waals surface area contributed by atoms with Crippen molar-refractivity contribution in [1.82, 2.24) is 0 Å². The summed E-state index contributed by atoms with van der Waals surface area (Å²) in [6.45, 7) is 0. The largest absolute Gasteiger partial charge is 0.466 e. The van der Waals surface area contributed by atoms with E-state index in [0.29, 0.717) is 0 Å². The number of rotatable bonds is 2. The van der Waals surface area contributed by atoms with E-state index in [4.69, 9.17) is 11.5 Å². The Morgan fingerprint density at radius 2 is 2.22 bits per heavy atom. The van der Waals surface area contributed by atoms with Crippen LogP contribution in [0.2, 0.25) is 0 Å². The number of methoxy groups -OCH3 is 1. The van der Waals surface area contributed by atoms with Crippen molar-refractivity contribution in [1.29, 1.82) is 0 Å². The Kier molecular flexibility index (Phi) is 3.66. The van der Waals surface area contributed by atoms with E-state index in [1.54, 1.807) is 0 Å². The fourth-order valence-corrected chi connectivity index (χ4v) is 0.258. The highest BCUT2D eigenvalue weighted by Crippen LogP contribution is 1.76. The zero-order valence-corrected chi connectivity index (χ0v) is 5.20. The van der Waals surface area contributed by atoms with Crippen LogP contribution in [0.1, 0.15) is 0 Å². The first-order valence-electron chi connectivity index (χ1n) is 2.44. The van der Waals surface area contributed by atoms with Crippen molar-refractivity contribution < 1.29 is 9.53 Å². The third kappa shape index (κ3) is 4.99. The molecule has 52 valence electrons. The van der Waals surface area contributed by atoms with E-state index < -0.39 is 12.1 Å². The molecule has 0 aliphatic heterocycles. The van der Waals surface area contributed by atoms with Crippen LogP contribution in [0.15, 0.2) is 12.2 Å². The van der Waals surface area contributed by atoms with Gasteiger partial charge in [0.15, 0.2) is 0 Å². The van der Waals surface area contributed by atoms with Crippen molar-refractivity contribution in [3.63, 3.8) is 0 Å². The lowest BCUT2D eigenvalue weighted by atomic mass is 10.4. The minimum absolute atomic E-state index is 0.448. The van der Waals surface area contributed by atoms with Gasteiger partial charge in [0.1, 0.15) is 0 Å². The molecule has 0 spiro atoms. The molecule has 0 fully saturated rings. The lowest BCUT2D eigenvalue weighted by Gasteiger charge is -1.93. The SMILES string of the molecule is COC(=O)C=CC(N)N. The summed E-state index contributed by atoms with van der Waals surface area (Å²) in [6, 6.07) is 0. The molecule has 0 aliphatic carbocycles. The first-order valence-corrected chi connectivity index (χ1v) is 2.44. The highest BCUT2D eigenvalue weighted by atomic mass is 16.5. The smallest absolute Gasteiger partial charge is 0.330 e. The Bertz CT molecular complexity index is 120. The van der Waals surface area contributed by atoms with Gasteiger partial charge in [-0.15, -0.1) is 0 Å². The average Bonchev–Trinajstić information content (AvgIpc) is 1.83. The fraction of sp³-hybridized carbons (Fsp3) is 0.400. The van der Waals surface area contributed by atoms with Gasteiger partial charge >= 0.3 is 5.97 Å². The third-order valence-electron chi connectivity index (χ3n) is 0.656. The minimum Gasteiger partial charge on any atom is -0.466 e. The van der Waals surface area contributed by atoms with Crippen molar-refractivity contribution in [2.24, 2.45) is 11.5 Å². The standard InChI is InChI=1S/C5H10N2O2/c1-9-5(8)3-2-4(6)7/h2-4H,6-7H2,1H3. The Balaban J connectivity index is 3.57. The van der Waals surface area contributed by atoms with E-state index in [0.717, 1.165) is 0 Å². The maximum atomic E-state index is 10.3. The Morgan fingerprint density at radius 1 is 1.67 bits per heavy atom. The van der Waals surface area contributed by atoms with Gasteiger partial charge in [-0.25, -0.2) is 4.79 Å². The van der Waals surface area contributed by atoms with Gasteiger partial charge in [0.2, 0.25) is 0 Å². The van der Waals surface area contributed by atoms with Gasteiger partial charge in [-0.2, -0.15) is 0 Å². The molecule has 0 atom stereocenters. The molecular weight excluding hydrogens is 120 g/mol. The number of carbonyl (C=O) groups is 1. The molecule has 0 heterocycles. The van der Waals surface area contributed by atoms with Crippen LogP contribution in [0.5, 0.6) is 0 Å². The molecule has 0 unspecified atom stereocenters. The molecule has 0 aromatic rings. The Hall–Kier alpha value is -0.870. The van der Waals surface area contributed by atoms with Gasteiger partial charge in [0.05, 0.1) is 13.3 Å². The summed E-state index contributed by atoms with van der Waals surface area (Å²) in [4.78, 5) is 10.3. The maximum Gasteiger partial charge on any atom is 0.330 e. The molecule has 4 N–H and O–H groups in total. The second-order valence-corrected chi connectivity index (χ2v) is 1.46. The quantitative estimate of drug-likeness (QED) is 0.284. The lowest BCUT2D eigenvalue weighted by Crippen LogP contribution is -2.27. The second kappa shape index (κ2) is 4.05. The van der Waals surface area contributed by atoms with Gasteiger partial charge in [0.25, 0.3) is 0 Å². The summed E-state index contributed by atoms with van der Waals surface area (Å²) >= 11 is 0. The molecule has 0 rings (SSSR count). The fourth-order valence-electron chi connectivity index (χ4n) is 0.258. The highest BCUT2D eigenvalue weighted by molar-refractivity contribution is 5.81. The maximum absolute atomic E-state index is 10.3. The number of ether oxygens (including phenoxy) is 1. The molecule has 9 heavy (non-hydrogen) atoms. The average molecular weight is 130 g/mol. The van der Waals surface area contributed by atoms with Crippen LogP contribution >= 0.6 is 0 Å². The van der Waals surface area contributed by atoms with E-state index in [1.165, 1.54) is 19.3 Å². The molecule has 0 radical (unpaired) electrons. The molecule has 0 bridgehead atoms. The zero-order chi connectivity index (χ0) is 7.28. The Labute approximate surface area is 53.5 Å². The molecule has 4 heteroatoms. The van der Waals surface area contributed by atoms with Crippen LogP contribution in [-0.4, -0.2) is 19.2 Å². The van der Waals surface area contributed by atoms with Gasteiger partial charge in [-0.3, -0.25) is 0 Å². The number of nitrogens with two attached hydrogens (primary N) is 2. The van der Waals surface area contributed by atoms with Gasteiger partial charge < -0.3 is 16.2 Å². The van der Waals surface area contributed by atoms with Crippen molar-refractivity contribution in [2.45, 2.75) is 6.17 Å². The lowest BCUT2D eigenvalue weighted by molar-refractivity contribution is -0.134. The summed E-state index contributed by atoms with van der Waals surface area (Å²) in [6.07, 6.45) is 1.94. The van der Waals surface area contributed by atoms with Gasteiger partial charge in [-0.1, -0.05) is 0 Å². The molecule has 0 amide bonds. The molecule has 0 aromatic carbocycles.